The minimum Gasteiger partial charge on any atom is -0.494 e. The molecule has 0 spiro atoms. The second-order valence-corrected chi connectivity index (χ2v) is 7.98. The average Bonchev–Trinajstić information content (AvgIpc) is 3.13. The fourth-order valence-electron chi connectivity index (χ4n) is 4.23. The van der Waals surface area contributed by atoms with Gasteiger partial charge < -0.3 is 15.0 Å². The van der Waals surface area contributed by atoms with Crippen molar-refractivity contribution >= 4 is 27.4 Å². The fourth-order valence-corrected chi connectivity index (χ4v) is 4.23. The van der Waals surface area contributed by atoms with E-state index in [4.69, 9.17) is 0 Å². The average molecular weight is 426 g/mol. The van der Waals surface area contributed by atoms with Gasteiger partial charge in [-0.1, -0.05) is 42.5 Å². The summed E-state index contributed by atoms with van der Waals surface area (Å²) in [5, 5.41) is 15.0. The Kier molecular flexibility index (Phi) is 4.59. The van der Waals surface area contributed by atoms with E-state index >= 15 is 0 Å². The van der Waals surface area contributed by atoms with E-state index in [9.17, 15) is 14.7 Å². The molecule has 1 unspecified atom stereocenters. The van der Waals surface area contributed by atoms with Crippen LogP contribution in [0.4, 0.5) is 5.69 Å². The third-order valence-corrected chi connectivity index (χ3v) is 5.83. The van der Waals surface area contributed by atoms with Crippen molar-refractivity contribution in [3.8, 4) is 5.88 Å². The molecule has 7 heteroatoms. The molecule has 0 aliphatic heterocycles. The lowest BCUT2D eigenvalue weighted by molar-refractivity contribution is 0.439. The Morgan fingerprint density at radius 2 is 1.47 bits per heavy atom. The van der Waals surface area contributed by atoms with Gasteiger partial charge in [0.15, 0.2) is 5.88 Å². The van der Waals surface area contributed by atoms with E-state index in [0.29, 0.717) is 16.3 Å². The molecule has 32 heavy (non-hydrogen) atoms. The van der Waals surface area contributed by atoms with E-state index in [0.717, 1.165) is 22.2 Å². The van der Waals surface area contributed by atoms with Crippen LogP contribution in [0.25, 0.3) is 21.7 Å². The number of nitrogens with zero attached hydrogens (tertiary/aromatic N) is 2. The second-order valence-electron chi connectivity index (χ2n) is 7.98. The van der Waals surface area contributed by atoms with Crippen molar-refractivity contribution in [2.45, 2.75) is 6.04 Å². The summed E-state index contributed by atoms with van der Waals surface area (Å²) in [4.78, 5) is 31.3. The van der Waals surface area contributed by atoms with Crippen molar-refractivity contribution in [3.05, 3.63) is 105 Å². The molecule has 5 rings (SSSR count). The van der Waals surface area contributed by atoms with E-state index < -0.39 is 6.04 Å². The van der Waals surface area contributed by atoms with Crippen LogP contribution < -0.4 is 16.0 Å². The minimum absolute atomic E-state index is 0.0474. The Morgan fingerprint density at radius 1 is 0.844 bits per heavy atom. The first-order valence-corrected chi connectivity index (χ1v) is 10.3. The molecule has 0 fully saturated rings. The van der Waals surface area contributed by atoms with Crippen molar-refractivity contribution < 1.29 is 5.11 Å². The zero-order valence-electron chi connectivity index (χ0n) is 17.7. The first-order valence-electron chi connectivity index (χ1n) is 10.3. The summed E-state index contributed by atoms with van der Waals surface area (Å²) >= 11 is 0. The number of fused-ring (bicyclic) bond motifs is 2. The topological polar surface area (TPSA) is 94.1 Å². The third-order valence-electron chi connectivity index (χ3n) is 5.83. The number of anilines is 1. The molecule has 160 valence electrons. The van der Waals surface area contributed by atoms with Gasteiger partial charge in [-0.3, -0.25) is 14.7 Å². The van der Waals surface area contributed by atoms with E-state index in [1.165, 1.54) is 4.68 Å². The molecule has 0 saturated heterocycles. The van der Waals surface area contributed by atoms with Gasteiger partial charge in [0, 0.05) is 30.7 Å². The quantitative estimate of drug-likeness (QED) is 0.409. The highest BCUT2D eigenvalue weighted by Gasteiger charge is 2.27. The zero-order chi connectivity index (χ0) is 22.4. The number of aromatic nitrogens is 3. The van der Waals surface area contributed by atoms with Crippen LogP contribution in [0.15, 0.2) is 82.4 Å². The molecule has 1 atom stereocenters. The summed E-state index contributed by atoms with van der Waals surface area (Å²) in [6, 6.07) is 21.2. The number of benzene rings is 3. The summed E-state index contributed by atoms with van der Waals surface area (Å²) < 4.78 is 1.31. The standard InChI is InChI=1S/C25H22N4O3/c1-28(2)16-13-11-15(12-14-16)22(21-19-9-5-6-10-20(19)26-24(21)31)29-25(32)18-8-4-3-7-17(18)23(30)27-29/h3-14,22,26,31H,1-2H3,(H,27,30). The molecule has 0 aliphatic carbocycles. The first kappa shape index (κ1) is 19.7. The van der Waals surface area contributed by atoms with Crippen molar-refractivity contribution in [1.29, 1.82) is 0 Å². The molecule has 0 aliphatic rings. The lowest BCUT2D eigenvalue weighted by atomic mass is 9.97. The number of nitrogens with one attached hydrogen (secondary N) is 2. The van der Waals surface area contributed by atoms with Crippen molar-refractivity contribution in [2.24, 2.45) is 0 Å². The van der Waals surface area contributed by atoms with Crippen molar-refractivity contribution in [2.75, 3.05) is 19.0 Å². The number of hydrogen-bond acceptors (Lipinski definition) is 4. The highest BCUT2D eigenvalue weighted by Crippen LogP contribution is 2.37. The molecule has 0 bridgehead atoms. The number of aromatic amines is 2. The van der Waals surface area contributed by atoms with Crippen LogP contribution in [0, 0.1) is 0 Å². The fraction of sp³-hybridized carbons (Fsp3) is 0.120. The van der Waals surface area contributed by atoms with Crippen molar-refractivity contribution in [1.82, 2.24) is 14.8 Å². The van der Waals surface area contributed by atoms with Gasteiger partial charge in [0.2, 0.25) is 0 Å². The minimum atomic E-state index is -0.743. The summed E-state index contributed by atoms with van der Waals surface area (Å²) in [5.41, 5.74) is 2.30. The monoisotopic (exact) mass is 426 g/mol. The van der Waals surface area contributed by atoms with Crippen LogP contribution in [0.3, 0.4) is 0 Å². The Morgan fingerprint density at radius 3 is 2.16 bits per heavy atom. The summed E-state index contributed by atoms with van der Waals surface area (Å²) in [7, 11) is 3.90. The SMILES string of the molecule is CN(C)c1ccc(C(c2c(O)[nH]c3ccccc23)n2[nH]c(=O)c3ccccc3c2=O)cc1. The van der Waals surface area contributed by atoms with E-state index in [-0.39, 0.29) is 17.0 Å². The van der Waals surface area contributed by atoms with Crippen LogP contribution in [-0.2, 0) is 0 Å². The second kappa shape index (κ2) is 7.46. The number of rotatable bonds is 4. The predicted molar refractivity (Wildman–Crippen MR) is 127 cm³/mol. The molecule has 7 nitrogen and oxygen atoms in total. The van der Waals surface area contributed by atoms with Gasteiger partial charge in [0.25, 0.3) is 11.1 Å². The van der Waals surface area contributed by atoms with E-state index in [1.807, 2.05) is 67.5 Å². The van der Waals surface area contributed by atoms with Crippen LogP contribution in [0.2, 0.25) is 0 Å². The Bertz CT molecular complexity index is 1560. The maximum Gasteiger partial charge on any atom is 0.274 e. The van der Waals surface area contributed by atoms with Gasteiger partial charge >= 0.3 is 0 Å². The van der Waals surface area contributed by atoms with Gasteiger partial charge in [0.1, 0.15) is 6.04 Å². The van der Waals surface area contributed by atoms with E-state index in [2.05, 4.69) is 10.1 Å². The van der Waals surface area contributed by atoms with Crippen LogP contribution in [0.1, 0.15) is 17.2 Å². The first-order chi connectivity index (χ1) is 15.5. The molecule has 0 saturated carbocycles. The van der Waals surface area contributed by atoms with Gasteiger partial charge in [-0.05, 0) is 35.9 Å². The number of H-pyrrole nitrogens is 2. The van der Waals surface area contributed by atoms with Gasteiger partial charge in [0.05, 0.1) is 16.3 Å². The van der Waals surface area contributed by atoms with E-state index in [1.54, 1.807) is 24.3 Å². The molecule has 2 heterocycles. The molecule has 3 aromatic carbocycles. The summed E-state index contributed by atoms with van der Waals surface area (Å²) in [6.45, 7) is 0. The maximum absolute atomic E-state index is 13.5. The molecule has 0 amide bonds. The molecule has 2 aromatic heterocycles. The van der Waals surface area contributed by atoms with Crippen LogP contribution >= 0.6 is 0 Å². The lowest BCUT2D eigenvalue weighted by Crippen LogP contribution is -2.34. The maximum atomic E-state index is 13.5. The summed E-state index contributed by atoms with van der Waals surface area (Å²) in [5.74, 6) is -0.0474. The lowest BCUT2D eigenvalue weighted by Gasteiger charge is -2.22. The number of para-hydroxylation sites is 1. The summed E-state index contributed by atoms with van der Waals surface area (Å²) in [6.07, 6.45) is 0. The normalized spacial score (nSPS) is 12.3. The van der Waals surface area contributed by atoms with Gasteiger partial charge in [-0.2, -0.15) is 0 Å². The molecule has 5 aromatic rings. The molecule has 3 N–H and O–H groups in total. The largest absolute Gasteiger partial charge is 0.494 e. The Hall–Kier alpha value is -4.26. The molecule has 0 radical (unpaired) electrons. The molecular weight excluding hydrogens is 404 g/mol. The number of hydrogen-bond donors (Lipinski definition) is 3. The highest BCUT2D eigenvalue weighted by molar-refractivity contribution is 5.87. The zero-order valence-corrected chi connectivity index (χ0v) is 17.7. The van der Waals surface area contributed by atoms with Gasteiger partial charge in [-0.15, -0.1) is 0 Å². The molecular formula is C25H22N4O3. The van der Waals surface area contributed by atoms with Crippen molar-refractivity contribution in [3.63, 3.8) is 0 Å². The Labute approximate surface area is 183 Å². The highest BCUT2D eigenvalue weighted by atomic mass is 16.3. The van der Waals surface area contributed by atoms with Crippen LogP contribution in [0.5, 0.6) is 5.88 Å². The smallest absolute Gasteiger partial charge is 0.274 e. The van der Waals surface area contributed by atoms with Gasteiger partial charge in [-0.25, -0.2) is 4.68 Å². The Balaban J connectivity index is 1.85. The predicted octanol–water partition coefficient (Wildman–Crippen LogP) is 3.58. The third kappa shape index (κ3) is 3.06. The van der Waals surface area contributed by atoms with Crippen LogP contribution in [-0.4, -0.2) is 34.0 Å². The number of aromatic hydroxyl groups is 1.